The van der Waals surface area contributed by atoms with Crippen molar-refractivity contribution in [1.82, 2.24) is 4.90 Å². The lowest BCUT2D eigenvalue weighted by molar-refractivity contribution is 0.0790. The van der Waals surface area contributed by atoms with E-state index in [1.165, 1.54) is 45.1 Å². The van der Waals surface area contributed by atoms with Gasteiger partial charge in [-0.1, -0.05) is 33.3 Å². The second kappa shape index (κ2) is 5.22. The van der Waals surface area contributed by atoms with Crippen LogP contribution in [0.5, 0.6) is 0 Å². The van der Waals surface area contributed by atoms with Crippen LogP contribution in [0.1, 0.15) is 52.4 Å². The Hall–Kier alpha value is -0.170. The Morgan fingerprint density at radius 2 is 2.12 bits per heavy atom. The molecule has 1 aliphatic heterocycles. The van der Waals surface area contributed by atoms with E-state index in [2.05, 4.69) is 25.3 Å². The van der Waals surface area contributed by atoms with Crippen molar-refractivity contribution in [3.63, 3.8) is 0 Å². The maximum Gasteiger partial charge on any atom is 0.0618 e. The molecule has 0 radical (unpaired) electrons. The molecule has 1 saturated heterocycles. The number of halogens is 1. The summed E-state index contributed by atoms with van der Waals surface area (Å²) in [5.74, 6) is 2.31. The van der Waals surface area contributed by atoms with Crippen LogP contribution in [0, 0.1) is 11.8 Å². The van der Waals surface area contributed by atoms with Crippen LogP contribution in [0.2, 0.25) is 0 Å². The number of rotatable bonds is 3. The van der Waals surface area contributed by atoms with Gasteiger partial charge in [-0.15, -0.1) is 11.6 Å². The van der Waals surface area contributed by atoms with E-state index in [4.69, 9.17) is 11.6 Å². The standard InChI is InChI=1S/C15H26ClN/c1-12(2)14-6-4-7-15(10-14)8-5-9-17(15)13(3)11-16/h12,14H,3-11H2,1-2H3. The number of alkyl halides is 1. The summed E-state index contributed by atoms with van der Waals surface area (Å²) in [4.78, 5) is 2.55. The van der Waals surface area contributed by atoms with Crippen molar-refractivity contribution in [1.29, 1.82) is 0 Å². The van der Waals surface area contributed by atoms with E-state index in [-0.39, 0.29) is 0 Å². The summed E-state index contributed by atoms with van der Waals surface area (Å²) in [5.41, 5.74) is 1.56. The van der Waals surface area contributed by atoms with Crippen molar-refractivity contribution in [2.24, 2.45) is 11.8 Å². The molecule has 2 aliphatic rings. The smallest absolute Gasteiger partial charge is 0.0618 e. The maximum atomic E-state index is 5.99. The second-order valence-electron chi connectivity index (χ2n) is 6.28. The maximum absolute atomic E-state index is 5.99. The SMILES string of the molecule is C=C(CCl)N1CCCC12CCCC(C(C)C)C2. The molecule has 1 nitrogen and oxygen atoms in total. The third-order valence-corrected chi connectivity index (χ3v) is 5.24. The highest BCUT2D eigenvalue weighted by Crippen LogP contribution is 2.47. The minimum absolute atomic E-state index is 0.416. The molecule has 2 heteroatoms. The van der Waals surface area contributed by atoms with E-state index >= 15 is 0 Å². The quantitative estimate of drug-likeness (QED) is 0.675. The van der Waals surface area contributed by atoms with Gasteiger partial charge < -0.3 is 4.90 Å². The van der Waals surface area contributed by atoms with E-state index in [1.54, 1.807) is 0 Å². The Bertz CT molecular complexity index is 287. The molecule has 0 aromatic carbocycles. The molecule has 2 atom stereocenters. The molecule has 17 heavy (non-hydrogen) atoms. The first-order chi connectivity index (χ1) is 8.09. The van der Waals surface area contributed by atoms with E-state index < -0.39 is 0 Å². The van der Waals surface area contributed by atoms with Crippen LogP contribution in [0.25, 0.3) is 0 Å². The molecule has 98 valence electrons. The van der Waals surface area contributed by atoms with Gasteiger partial charge in [0.2, 0.25) is 0 Å². The lowest BCUT2D eigenvalue weighted by Crippen LogP contribution is -2.47. The largest absolute Gasteiger partial charge is 0.369 e. The van der Waals surface area contributed by atoms with Gasteiger partial charge in [0.25, 0.3) is 0 Å². The summed E-state index contributed by atoms with van der Waals surface area (Å²) in [6, 6.07) is 0. The van der Waals surface area contributed by atoms with Crippen LogP contribution in [-0.2, 0) is 0 Å². The number of allylic oxidation sites excluding steroid dienone is 1. The molecule has 2 unspecified atom stereocenters. The fourth-order valence-electron chi connectivity index (χ4n) is 3.93. The number of hydrogen-bond donors (Lipinski definition) is 0. The van der Waals surface area contributed by atoms with E-state index in [1.807, 2.05) is 0 Å². The molecule has 1 spiro atoms. The van der Waals surface area contributed by atoms with E-state index in [0.29, 0.717) is 11.4 Å². The highest BCUT2D eigenvalue weighted by atomic mass is 35.5. The van der Waals surface area contributed by atoms with Gasteiger partial charge in [-0.2, -0.15) is 0 Å². The fraction of sp³-hybridized carbons (Fsp3) is 0.867. The molecule has 1 aliphatic carbocycles. The van der Waals surface area contributed by atoms with Gasteiger partial charge >= 0.3 is 0 Å². The Kier molecular flexibility index (Phi) is 4.07. The molecule has 0 aromatic rings. The van der Waals surface area contributed by atoms with Crippen LogP contribution in [0.4, 0.5) is 0 Å². The zero-order valence-electron chi connectivity index (χ0n) is 11.3. The normalized spacial score (nSPS) is 33.6. The third kappa shape index (κ3) is 2.50. The molecular formula is C15H26ClN. The van der Waals surface area contributed by atoms with Crippen molar-refractivity contribution < 1.29 is 0 Å². The highest BCUT2D eigenvalue weighted by Gasteiger charge is 2.44. The molecule has 0 aromatic heterocycles. The fourth-order valence-corrected chi connectivity index (χ4v) is 4.08. The average Bonchev–Trinajstić information content (AvgIpc) is 2.71. The van der Waals surface area contributed by atoms with Crippen molar-refractivity contribution in [3.05, 3.63) is 12.3 Å². The summed E-state index contributed by atoms with van der Waals surface area (Å²) in [6.45, 7) is 10.1. The van der Waals surface area contributed by atoms with Gasteiger partial charge in [-0.25, -0.2) is 0 Å². The molecule has 0 bridgehead atoms. The number of nitrogens with zero attached hydrogens (tertiary/aromatic N) is 1. The van der Waals surface area contributed by atoms with E-state index in [9.17, 15) is 0 Å². The highest BCUT2D eigenvalue weighted by molar-refractivity contribution is 6.19. The summed E-state index contributed by atoms with van der Waals surface area (Å²) >= 11 is 5.99. The monoisotopic (exact) mass is 255 g/mol. The van der Waals surface area contributed by atoms with Crippen molar-refractivity contribution in [2.45, 2.75) is 57.9 Å². The average molecular weight is 256 g/mol. The molecule has 2 fully saturated rings. The molecule has 2 rings (SSSR count). The summed E-state index contributed by atoms with van der Waals surface area (Å²) < 4.78 is 0. The van der Waals surface area contributed by atoms with Crippen LogP contribution in [-0.4, -0.2) is 22.9 Å². The summed E-state index contributed by atoms with van der Waals surface area (Å²) in [5, 5.41) is 0. The minimum atomic E-state index is 0.416. The van der Waals surface area contributed by atoms with Gasteiger partial charge in [0.05, 0.1) is 5.88 Å². The molecule has 0 amide bonds. The van der Waals surface area contributed by atoms with Crippen molar-refractivity contribution in [3.8, 4) is 0 Å². The minimum Gasteiger partial charge on any atom is -0.369 e. The Labute approximate surface area is 111 Å². The molecular weight excluding hydrogens is 230 g/mol. The van der Waals surface area contributed by atoms with Crippen LogP contribution < -0.4 is 0 Å². The van der Waals surface area contributed by atoms with Gasteiger partial charge in [0.1, 0.15) is 0 Å². The van der Waals surface area contributed by atoms with Crippen LogP contribution in [0.3, 0.4) is 0 Å². The third-order valence-electron chi connectivity index (χ3n) is 4.93. The predicted octanol–water partition coefficient (Wildman–Crippen LogP) is 4.42. The Morgan fingerprint density at radius 3 is 2.76 bits per heavy atom. The summed E-state index contributed by atoms with van der Waals surface area (Å²) in [6.07, 6.45) is 8.19. The van der Waals surface area contributed by atoms with Crippen molar-refractivity contribution in [2.75, 3.05) is 12.4 Å². The van der Waals surface area contributed by atoms with Crippen LogP contribution >= 0.6 is 11.6 Å². The first-order valence-corrected chi connectivity index (χ1v) is 7.64. The molecule has 0 N–H and O–H groups in total. The lowest BCUT2D eigenvalue weighted by atomic mass is 9.70. The van der Waals surface area contributed by atoms with Gasteiger partial charge in [-0.3, -0.25) is 0 Å². The predicted molar refractivity (Wildman–Crippen MR) is 75.3 cm³/mol. The Balaban J connectivity index is 2.13. The topological polar surface area (TPSA) is 3.24 Å². The number of likely N-dealkylation sites (tertiary alicyclic amines) is 1. The van der Waals surface area contributed by atoms with Gasteiger partial charge in [0, 0.05) is 17.8 Å². The first-order valence-electron chi connectivity index (χ1n) is 7.10. The van der Waals surface area contributed by atoms with Gasteiger partial charge in [0.15, 0.2) is 0 Å². The zero-order valence-corrected chi connectivity index (χ0v) is 12.1. The summed E-state index contributed by atoms with van der Waals surface area (Å²) in [7, 11) is 0. The molecule has 1 saturated carbocycles. The lowest BCUT2D eigenvalue weighted by Gasteiger charge is -2.47. The second-order valence-corrected chi connectivity index (χ2v) is 6.55. The van der Waals surface area contributed by atoms with Crippen LogP contribution in [0.15, 0.2) is 12.3 Å². The van der Waals surface area contributed by atoms with Gasteiger partial charge in [-0.05, 0) is 37.5 Å². The number of hydrogen-bond acceptors (Lipinski definition) is 1. The Morgan fingerprint density at radius 1 is 1.41 bits per heavy atom. The zero-order chi connectivity index (χ0) is 12.5. The van der Waals surface area contributed by atoms with E-state index in [0.717, 1.165) is 17.5 Å². The first kappa shape index (κ1) is 13.3. The molecule has 1 heterocycles. The van der Waals surface area contributed by atoms with Crippen molar-refractivity contribution >= 4 is 11.6 Å².